The Labute approximate surface area is 664 Å². The molecule has 0 aromatic rings. The Morgan fingerprint density at radius 3 is 0.704 bits per heavy atom. The predicted octanol–water partition coefficient (Wildman–Crippen LogP) is 27.3. The van der Waals surface area contributed by atoms with Crippen molar-refractivity contribution in [1.29, 1.82) is 0 Å². The van der Waals surface area contributed by atoms with Crippen molar-refractivity contribution < 1.29 is 80.2 Å². The first-order valence-corrected chi connectivity index (χ1v) is 48.9. The molecule has 0 amide bonds. The van der Waals surface area contributed by atoms with Gasteiger partial charge >= 0.3 is 39.5 Å². The Bertz CT molecular complexity index is 2080. The summed E-state index contributed by atoms with van der Waals surface area (Å²) < 4.78 is 68.9. The zero-order valence-corrected chi connectivity index (χ0v) is 73.1. The molecule has 0 aromatic carbocycles. The van der Waals surface area contributed by atoms with Crippen LogP contribution in [0, 0.1) is 17.8 Å². The molecule has 0 saturated carbocycles. The molecule has 108 heavy (non-hydrogen) atoms. The van der Waals surface area contributed by atoms with E-state index >= 15 is 0 Å². The highest BCUT2D eigenvalue weighted by Gasteiger charge is 2.31. The molecule has 0 radical (unpaired) electrons. The van der Waals surface area contributed by atoms with E-state index in [1.807, 2.05) is 0 Å². The number of aliphatic hydroxyl groups is 1. The lowest BCUT2D eigenvalue weighted by molar-refractivity contribution is -0.161. The Balaban J connectivity index is 5.21. The first kappa shape index (κ1) is 106. The van der Waals surface area contributed by atoms with Crippen molar-refractivity contribution >= 4 is 39.5 Å². The van der Waals surface area contributed by atoms with Crippen LogP contribution in [-0.2, 0) is 65.4 Å². The first-order valence-electron chi connectivity index (χ1n) is 45.9. The van der Waals surface area contributed by atoms with Crippen LogP contribution < -0.4 is 0 Å². The lowest BCUT2D eigenvalue weighted by atomic mass is 9.99. The third-order valence-corrected chi connectivity index (χ3v) is 23.1. The van der Waals surface area contributed by atoms with Crippen LogP contribution in [0.3, 0.4) is 0 Å². The Kier molecular flexibility index (Phi) is 77.5. The van der Waals surface area contributed by atoms with Gasteiger partial charge in [-0.3, -0.25) is 37.3 Å². The minimum atomic E-state index is -4.97. The average Bonchev–Trinajstić information content (AvgIpc) is 0.899. The first-order chi connectivity index (χ1) is 52.3. The van der Waals surface area contributed by atoms with E-state index in [4.69, 9.17) is 37.0 Å². The molecular weight excluding hydrogens is 1400 g/mol. The molecule has 17 nitrogen and oxygen atoms in total. The summed E-state index contributed by atoms with van der Waals surface area (Å²) in [6.07, 6.45) is 70.8. The minimum Gasteiger partial charge on any atom is -0.462 e. The van der Waals surface area contributed by atoms with Crippen molar-refractivity contribution in [2.24, 2.45) is 17.8 Å². The van der Waals surface area contributed by atoms with Crippen molar-refractivity contribution in [3.8, 4) is 0 Å². The lowest BCUT2D eigenvalue weighted by Gasteiger charge is -2.21. The second-order valence-electron chi connectivity index (χ2n) is 33.2. The molecule has 0 saturated heterocycles. The smallest absolute Gasteiger partial charge is 0.462 e. The largest absolute Gasteiger partial charge is 0.472 e. The minimum absolute atomic E-state index is 0.107. The molecule has 0 aliphatic rings. The summed E-state index contributed by atoms with van der Waals surface area (Å²) in [4.78, 5) is 73.3. The molecule has 3 N–H and O–H groups in total. The number of carbonyl (C=O) groups excluding carboxylic acids is 4. The highest BCUT2D eigenvalue weighted by atomic mass is 31.2. The summed E-state index contributed by atoms with van der Waals surface area (Å²) >= 11 is 0. The molecule has 0 fully saturated rings. The summed E-state index contributed by atoms with van der Waals surface area (Å²) in [6.45, 7) is 12.1. The third-order valence-electron chi connectivity index (χ3n) is 21.2. The van der Waals surface area contributed by atoms with Gasteiger partial charge in [0.2, 0.25) is 0 Å². The number of carbonyl (C=O) groups is 4. The van der Waals surface area contributed by atoms with Gasteiger partial charge in [-0.05, 0) is 43.4 Å². The van der Waals surface area contributed by atoms with E-state index in [-0.39, 0.29) is 25.7 Å². The lowest BCUT2D eigenvalue weighted by Crippen LogP contribution is -2.30. The maximum Gasteiger partial charge on any atom is 0.472 e. The normalized spacial score (nSPS) is 14.1. The topological polar surface area (TPSA) is 237 Å². The van der Waals surface area contributed by atoms with Gasteiger partial charge in [-0.15, -0.1) is 0 Å². The number of hydrogen-bond acceptors (Lipinski definition) is 15. The van der Waals surface area contributed by atoms with Crippen LogP contribution in [0.1, 0.15) is 472 Å². The Morgan fingerprint density at radius 2 is 0.472 bits per heavy atom. The van der Waals surface area contributed by atoms with Crippen LogP contribution in [0.15, 0.2) is 0 Å². The molecule has 0 heterocycles. The van der Waals surface area contributed by atoms with Gasteiger partial charge in [0.25, 0.3) is 0 Å². The van der Waals surface area contributed by atoms with Crippen LogP contribution in [-0.4, -0.2) is 96.7 Å². The third kappa shape index (κ3) is 80.7. The van der Waals surface area contributed by atoms with Crippen LogP contribution in [0.4, 0.5) is 0 Å². The van der Waals surface area contributed by atoms with E-state index in [1.54, 1.807) is 0 Å². The van der Waals surface area contributed by atoms with Gasteiger partial charge in [0.05, 0.1) is 26.4 Å². The van der Waals surface area contributed by atoms with Gasteiger partial charge in [0, 0.05) is 25.7 Å². The van der Waals surface area contributed by atoms with Crippen molar-refractivity contribution in [2.45, 2.75) is 491 Å². The number of phosphoric ester groups is 2. The van der Waals surface area contributed by atoms with Crippen molar-refractivity contribution in [2.75, 3.05) is 39.6 Å². The SMILES string of the molecule is CCCCCCCCCCCCC(=O)OC[C@H](COP(=O)(O)OC[C@H](O)COP(=O)(O)OC[C@@H](COC(=O)CCCCCCCCCCCCCCCCCCCCC(C)C)OC(=O)CCCCCCCCCCCCCCCCCCCCC(C)CC)OC(=O)CCCCCCCCCCCCCCC(C)C. The molecule has 6 atom stereocenters. The molecule has 0 rings (SSSR count). The zero-order chi connectivity index (χ0) is 79.3. The Hall–Kier alpha value is -1.94. The molecule has 0 aromatic heterocycles. The van der Waals surface area contributed by atoms with E-state index in [0.717, 1.165) is 108 Å². The number of ether oxygens (including phenoxy) is 4. The van der Waals surface area contributed by atoms with Crippen molar-refractivity contribution in [3.63, 3.8) is 0 Å². The fourth-order valence-corrected chi connectivity index (χ4v) is 15.4. The molecule has 0 bridgehead atoms. The number of rotatable bonds is 87. The summed E-state index contributed by atoms with van der Waals surface area (Å²) in [6, 6.07) is 0. The fraction of sp³-hybridized carbons (Fsp3) is 0.955. The van der Waals surface area contributed by atoms with Crippen molar-refractivity contribution in [3.05, 3.63) is 0 Å². The van der Waals surface area contributed by atoms with Gasteiger partial charge in [-0.2, -0.15) is 0 Å². The second-order valence-corrected chi connectivity index (χ2v) is 36.1. The van der Waals surface area contributed by atoms with E-state index in [9.17, 15) is 43.2 Å². The number of aliphatic hydroxyl groups excluding tert-OH is 1. The molecule has 0 aliphatic carbocycles. The van der Waals surface area contributed by atoms with Gasteiger partial charge in [0.15, 0.2) is 12.2 Å². The summed E-state index contributed by atoms with van der Waals surface area (Å²) in [5, 5.41) is 10.7. The van der Waals surface area contributed by atoms with Gasteiger partial charge in [-0.1, -0.05) is 421 Å². The monoisotopic (exact) mass is 1580 g/mol. The number of unbranched alkanes of at least 4 members (excludes halogenated alkanes) is 54. The molecule has 0 spiro atoms. The molecule has 19 heteroatoms. The van der Waals surface area contributed by atoms with Crippen LogP contribution in [0.5, 0.6) is 0 Å². The number of esters is 4. The maximum atomic E-state index is 13.2. The van der Waals surface area contributed by atoms with Crippen LogP contribution in [0.25, 0.3) is 0 Å². The summed E-state index contributed by atoms with van der Waals surface area (Å²) in [5.41, 5.74) is 0. The van der Waals surface area contributed by atoms with Crippen LogP contribution >= 0.6 is 15.6 Å². The van der Waals surface area contributed by atoms with E-state index in [1.165, 1.54) is 283 Å². The summed E-state index contributed by atoms with van der Waals surface area (Å²) in [7, 11) is -9.93. The highest BCUT2D eigenvalue weighted by Crippen LogP contribution is 2.45. The molecule has 0 aliphatic heterocycles. The molecule has 642 valence electrons. The number of hydrogen-bond donors (Lipinski definition) is 3. The average molecular weight is 1580 g/mol. The highest BCUT2D eigenvalue weighted by molar-refractivity contribution is 7.47. The maximum absolute atomic E-state index is 13.2. The molecular formula is C89H174O17P2. The zero-order valence-electron chi connectivity index (χ0n) is 71.3. The molecule has 3 unspecified atom stereocenters. The van der Waals surface area contributed by atoms with Gasteiger partial charge < -0.3 is 33.8 Å². The summed E-state index contributed by atoms with van der Waals surface area (Å²) in [5.74, 6) is 0.370. The van der Waals surface area contributed by atoms with Gasteiger partial charge in [0.1, 0.15) is 19.3 Å². The fourth-order valence-electron chi connectivity index (χ4n) is 13.9. The van der Waals surface area contributed by atoms with Crippen molar-refractivity contribution in [1.82, 2.24) is 0 Å². The van der Waals surface area contributed by atoms with Gasteiger partial charge in [-0.25, -0.2) is 9.13 Å². The second kappa shape index (κ2) is 78.9. The number of phosphoric acid groups is 2. The predicted molar refractivity (Wildman–Crippen MR) is 446 cm³/mol. The van der Waals surface area contributed by atoms with E-state index in [2.05, 4.69) is 48.5 Å². The quantitative estimate of drug-likeness (QED) is 0.0222. The van der Waals surface area contributed by atoms with E-state index in [0.29, 0.717) is 25.7 Å². The van der Waals surface area contributed by atoms with Crippen LogP contribution in [0.2, 0.25) is 0 Å². The standard InChI is InChI=1S/C89H174O17P2/c1-8-10-11-12-13-14-42-49-56-63-70-86(91)99-76-84(105-89(94)73-66-59-52-45-38-32-31-34-40-47-54-61-68-81(5)6)78-103-107(95,96)101-74-83(90)75-102-108(97,98)104-79-85(77-100-87(92)71-64-57-50-43-36-29-25-21-17-15-19-23-27-33-39-46-53-60-67-80(3)4)106-88(93)72-65-58-51-44-37-30-26-22-18-16-20-24-28-35-41-48-55-62-69-82(7)9-2/h80-85,90H,8-79H2,1-7H3,(H,95,96)(H,97,98)/t82?,83-,84+,85+/m0/s1. The Morgan fingerprint density at radius 1 is 0.269 bits per heavy atom. The van der Waals surface area contributed by atoms with E-state index < -0.39 is 97.5 Å².